The zero-order valence-electron chi connectivity index (χ0n) is 6.72. The average Bonchev–Trinajstić information content (AvgIpc) is 1.87. The van der Waals surface area contributed by atoms with Crippen LogP contribution >= 0.6 is 0 Å². The minimum atomic E-state index is -0.889. The van der Waals surface area contributed by atoms with Crippen molar-refractivity contribution >= 4 is 5.78 Å². The van der Waals surface area contributed by atoms with E-state index in [1.54, 1.807) is 6.92 Å². The zero-order chi connectivity index (χ0) is 8.15. The molecule has 0 aliphatic heterocycles. The van der Waals surface area contributed by atoms with Crippen molar-refractivity contribution in [3.05, 3.63) is 11.6 Å². The van der Waals surface area contributed by atoms with Crippen LogP contribution in [0.5, 0.6) is 0 Å². The molecule has 58 valence electrons. The lowest BCUT2D eigenvalue weighted by Gasteiger charge is -2.05. The Balaban J connectivity index is 4.06. The van der Waals surface area contributed by atoms with Gasteiger partial charge in [-0.15, -0.1) is 0 Å². The molecule has 0 saturated carbocycles. The molecule has 0 radical (unpaired) electrons. The normalized spacial score (nSPS) is 15.0. The number of hydrogen-bond donors (Lipinski definition) is 1. The highest BCUT2D eigenvalue weighted by atomic mass is 16.3. The summed E-state index contributed by atoms with van der Waals surface area (Å²) >= 11 is 0. The van der Waals surface area contributed by atoms with Crippen molar-refractivity contribution in [1.29, 1.82) is 0 Å². The molecule has 2 heteroatoms. The molecule has 1 N–H and O–H groups in total. The van der Waals surface area contributed by atoms with E-state index in [0.29, 0.717) is 0 Å². The van der Waals surface area contributed by atoms with Gasteiger partial charge in [-0.25, -0.2) is 0 Å². The Kier molecular flexibility index (Phi) is 3.96. The molecule has 0 aliphatic carbocycles. The van der Waals surface area contributed by atoms with Crippen LogP contribution in [0.4, 0.5) is 0 Å². The van der Waals surface area contributed by atoms with E-state index in [1.807, 2.05) is 13.0 Å². The Morgan fingerprint density at radius 1 is 1.60 bits per heavy atom. The molecule has 0 aromatic carbocycles. The van der Waals surface area contributed by atoms with Gasteiger partial charge in [0.05, 0.1) is 0 Å². The minimum absolute atomic E-state index is 0.192. The standard InChI is InChI=1S/C8H14O2/c1-4-5-6(2)8(10)7(3)9/h5,8,10H,4H2,1-3H3/b6-5+. The summed E-state index contributed by atoms with van der Waals surface area (Å²) in [5.74, 6) is -0.192. The van der Waals surface area contributed by atoms with Crippen LogP contribution < -0.4 is 0 Å². The van der Waals surface area contributed by atoms with Gasteiger partial charge >= 0.3 is 0 Å². The lowest BCUT2D eigenvalue weighted by Crippen LogP contribution is -2.17. The second-order valence-corrected chi connectivity index (χ2v) is 2.37. The molecule has 0 bridgehead atoms. The molecule has 1 atom stereocenters. The van der Waals surface area contributed by atoms with Crippen LogP contribution in [0.25, 0.3) is 0 Å². The summed E-state index contributed by atoms with van der Waals surface area (Å²) in [7, 11) is 0. The molecule has 2 nitrogen and oxygen atoms in total. The molecule has 0 aromatic heterocycles. The second-order valence-electron chi connectivity index (χ2n) is 2.37. The number of aliphatic hydroxyl groups is 1. The molecule has 0 amide bonds. The Labute approximate surface area is 61.6 Å². The van der Waals surface area contributed by atoms with Crippen LogP contribution in [0.2, 0.25) is 0 Å². The van der Waals surface area contributed by atoms with Crippen molar-refractivity contribution < 1.29 is 9.90 Å². The molecule has 0 aromatic rings. The first kappa shape index (κ1) is 9.37. The number of allylic oxidation sites excluding steroid dienone is 1. The summed E-state index contributed by atoms with van der Waals surface area (Å²) in [5.41, 5.74) is 0.745. The van der Waals surface area contributed by atoms with Crippen molar-refractivity contribution in [2.75, 3.05) is 0 Å². The van der Waals surface area contributed by atoms with Gasteiger partial charge in [0.25, 0.3) is 0 Å². The van der Waals surface area contributed by atoms with E-state index in [0.717, 1.165) is 12.0 Å². The van der Waals surface area contributed by atoms with E-state index in [9.17, 15) is 4.79 Å². The topological polar surface area (TPSA) is 37.3 Å². The summed E-state index contributed by atoms with van der Waals surface area (Å²) < 4.78 is 0. The van der Waals surface area contributed by atoms with E-state index in [-0.39, 0.29) is 5.78 Å². The Bertz CT molecular complexity index is 147. The van der Waals surface area contributed by atoms with Crippen LogP contribution in [0.3, 0.4) is 0 Å². The first-order chi connectivity index (χ1) is 4.59. The number of carbonyl (C=O) groups is 1. The van der Waals surface area contributed by atoms with Crippen LogP contribution in [0, 0.1) is 0 Å². The molecule has 0 heterocycles. The molecule has 0 aliphatic rings. The fourth-order valence-electron chi connectivity index (χ4n) is 0.754. The van der Waals surface area contributed by atoms with Gasteiger partial charge in [0, 0.05) is 0 Å². The Morgan fingerprint density at radius 2 is 2.10 bits per heavy atom. The highest BCUT2D eigenvalue weighted by Crippen LogP contribution is 2.02. The number of hydrogen-bond acceptors (Lipinski definition) is 2. The third kappa shape index (κ3) is 2.78. The van der Waals surface area contributed by atoms with Gasteiger partial charge in [-0.05, 0) is 25.8 Å². The van der Waals surface area contributed by atoms with Crippen molar-refractivity contribution in [1.82, 2.24) is 0 Å². The number of Topliss-reactive ketones (excluding diaryl/α,β-unsaturated/α-hetero) is 1. The van der Waals surface area contributed by atoms with Gasteiger partial charge in [0.1, 0.15) is 6.10 Å². The quantitative estimate of drug-likeness (QED) is 0.603. The van der Waals surface area contributed by atoms with E-state index in [1.165, 1.54) is 6.92 Å². The molecule has 0 saturated heterocycles. The molecular weight excluding hydrogens is 128 g/mol. The van der Waals surface area contributed by atoms with Crippen LogP contribution in [0.15, 0.2) is 11.6 Å². The van der Waals surface area contributed by atoms with E-state index < -0.39 is 6.10 Å². The van der Waals surface area contributed by atoms with Crippen molar-refractivity contribution in [2.24, 2.45) is 0 Å². The van der Waals surface area contributed by atoms with Crippen molar-refractivity contribution in [3.63, 3.8) is 0 Å². The molecule has 1 unspecified atom stereocenters. The smallest absolute Gasteiger partial charge is 0.162 e. The molecule has 0 rings (SSSR count). The molecular formula is C8H14O2. The lowest BCUT2D eigenvalue weighted by molar-refractivity contribution is -0.123. The van der Waals surface area contributed by atoms with Gasteiger partial charge in [-0.3, -0.25) is 4.79 Å². The van der Waals surface area contributed by atoms with Crippen molar-refractivity contribution in [3.8, 4) is 0 Å². The first-order valence-corrected chi connectivity index (χ1v) is 3.44. The fraction of sp³-hybridized carbons (Fsp3) is 0.625. The number of ketones is 1. The summed E-state index contributed by atoms with van der Waals surface area (Å²) in [6.07, 6.45) is 1.82. The highest BCUT2D eigenvalue weighted by molar-refractivity contribution is 5.83. The van der Waals surface area contributed by atoms with Crippen LogP contribution in [-0.2, 0) is 4.79 Å². The minimum Gasteiger partial charge on any atom is -0.381 e. The van der Waals surface area contributed by atoms with Crippen molar-refractivity contribution in [2.45, 2.75) is 33.3 Å². The number of rotatable bonds is 3. The zero-order valence-corrected chi connectivity index (χ0v) is 6.72. The Hall–Kier alpha value is -0.630. The third-order valence-corrected chi connectivity index (χ3v) is 1.34. The summed E-state index contributed by atoms with van der Waals surface area (Å²) in [6.45, 7) is 5.11. The second kappa shape index (κ2) is 4.23. The third-order valence-electron chi connectivity index (χ3n) is 1.34. The summed E-state index contributed by atoms with van der Waals surface area (Å²) in [4.78, 5) is 10.6. The van der Waals surface area contributed by atoms with E-state index >= 15 is 0 Å². The number of carbonyl (C=O) groups excluding carboxylic acids is 1. The largest absolute Gasteiger partial charge is 0.381 e. The molecule has 0 spiro atoms. The van der Waals surface area contributed by atoms with E-state index in [4.69, 9.17) is 5.11 Å². The SMILES string of the molecule is CC/C=C(\C)C(O)C(C)=O. The first-order valence-electron chi connectivity index (χ1n) is 3.44. The van der Waals surface area contributed by atoms with Gasteiger partial charge in [-0.1, -0.05) is 13.0 Å². The lowest BCUT2D eigenvalue weighted by atomic mass is 10.1. The van der Waals surface area contributed by atoms with Crippen LogP contribution in [0.1, 0.15) is 27.2 Å². The van der Waals surface area contributed by atoms with Gasteiger partial charge in [-0.2, -0.15) is 0 Å². The summed E-state index contributed by atoms with van der Waals surface area (Å²) in [6, 6.07) is 0. The predicted molar refractivity (Wildman–Crippen MR) is 40.7 cm³/mol. The maximum atomic E-state index is 10.6. The highest BCUT2D eigenvalue weighted by Gasteiger charge is 2.09. The molecule has 10 heavy (non-hydrogen) atoms. The van der Waals surface area contributed by atoms with E-state index in [2.05, 4.69) is 0 Å². The number of aliphatic hydroxyl groups excluding tert-OH is 1. The average molecular weight is 142 g/mol. The van der Waals surface area contributed by atoms with Gasteiger partial charge in [0.15, 0.2) is 5.78 Å². The van der Waals surface area contributed by atoms with Crippen LogP contribution in [-0.4, -0.2) is 17.0 Å². The molecule has 0 fully saturated rings. The van der Waals surface area contributed by atoms with Gasteiger partial charge < -0.3 is 5.11 Å². The summed E-state index contributed by atoms with van der Waals surface area (Å²) in [5, 5.41) is 9.11. The monoisotopic (exact) mass is 142 g/mol. The maximum absolute atomic E-state index is 10.6. The fourth-order valence-corrected chi connectivity index (χ4v) is 0.754. The predicted octanol–water partition coefficient (Wildman–Crippen LogP) is 1.29. The Morgan fingerprint density at radius 3 is 2.40 bits per heavy atom. The van der Waals surface area contributed by atoms with Gasteiger partial charge in [0.2, 0.25) is 0 Å². The maximum Gasteiger partial charge on any atom is 0.162 e.